The predicted molar refractivity (Wildman–Crippen MR) is 90.9 cm³/mol. The molecular weight excluding hydrogens is 320 g/mol. The molecule has 1 saturated heterocycles. The van der Waals surface area contributed by atoms with Crippen LogP contribution < -0.4 is 5.69 Å². The number of hydrogen-bond acceptors (Lipinski definition) is 6. The van der Waals surface area contributed by atoms with Gasteiger partial charge in [0.1, 0.15) is 5.82 Å². The van der Waals surface area contributed by atoms with Crippen molar-refractivity contribution in [3.63, 3.8) is 0 Å². The molecule has 1 aliphatic heterocycles. The average molecular weight is 340 g/mol. The fourth-order valence-electron chi connectivity index (χ4n) is 3.30. The summed E-state index contributed by atoms with van der Waals surface area (Å²) in [6.07, 6.45) is 1.88. The smallest absolute Gasteiger partial charge is 0.334 e. The van der Waals surface area contributed by atoms with E-state index < -0.39 is 0 Å². The summed E-state index contributed by atoms with van der Waals surface area (Å²) >= 11 is 0. The molecule has 1 aliphatic rings. The number of aromatic amines is 2. The molecule has 4 rings (SSSR count). The van der Waals surface area contributed by atoms with Crippen molar-refractivity contribution >= 4 is 0 Å². The molecule has 25 heavy (non-hydrogen) atoms. The Morgan fingerprint density at radius 3 is 2.68 bits per heavy atom. The maximum atomic E-state index is 11.2. The molecule has 1 aromatic carbocycles. The maximum Gasteiger partial charge on any atom is 0.340 e. The van der Waals surface area contributed by atoms with Crippen LogP contribution in [0, 0.1) is 0 Å². The second-order valence-corrected chi connectivity index (χ2v) is 6.37. The Morgan fingerprint density at radius 1 is 1.24 bits per heavy atom. The van der Waals surface area contributed by atoms with Crippen LogP contribution >= 0.6 is 0 Å². The molecule has 8 heteroatoms. The molecular formula is C17H20N6O2. The lowest BCUT2D eigenvalue weighted by atomic mass is 9.95. The number of piperidine rings is 1. The van der Waals surface area contributed by atoms with E-state index in [2.05, 4.69) is 37.1 Å². The summed E-state index contributed by atoms with van der Waals surface area (Å²) in [5.41, 5.74) is 0.681. The number of likely N-dealkylation sites (tertiary alicyclic amines) is 1. The first-order chi connectivity index (χ1) is 12.2. The molecule has 2 N–H and O–H groups in total. The molecule has 0 saturated carbocycles. The van der Waals surface area contributed by atoms with Gasteiger partial charge >= 0.3 is 5.69 Å². The molecule has 0 bridgehead atoms. The van der Waals surface area contributed by atoms with E-state index >= 15 is 0 Å². The second-order valence-electron chi connectivity index (χ2n) is 6.37. The lowest BCUT2D eigenvalue weighted by Crippen LogP contribution is -2.35. The van der Waals surface area contributed by atoms with Gasteiger partial charge in [-0.3, -0.25) is 9.88 Å². The van der Waals surface area contributed by atoms with Crippen molar-refractivity contribution in [1.29, 1.82) is 0 Å². The highest BCUT2D eigenvalue weighted by molar-refractivity contribution is 5.52. The number of aromatic nitrogens is 5. The molecule has 8 nitrogen and oxygen atoms in total. The Balaban J connectivity index is 1.41. The summed E-state index contributed by atoms with van der Waals surface area (Å²) in [4.78, 5) is 20.8. The zero-order valence-electron chi connectivity index (χ0n) is 14.0. The topological polar surface area (TPSA) is 104 Å². The number of nitrogens with zero attached hydrogens (tertiary/aromatic N) is 4. The second kappa shape index (κ2) is 6.64. The third-order valence-electron chi connectivity index (χ3n) is 4.82. The van der Waals surface area contributed by atoms with Gasteiger partial charge in [0, 0.05) is 11.5 Å². The highest BCUT2D eigenvalue weighted by Crippen LogP contribution is 2.30. The number of hydrogen-bond donors (Lipinski definition) is 2. The van der Waals surface area contributed by atoms with Gasteiger partial charge in [-0.2, -0.15) is 10.1 Å². The Morgan fingerprint density at radius 2 is 2.00 bits per heavy atom. The molecule has 1 unspecified atom stereocenters. The molecule has 0 amide bonds. The van der Waals surface area contributed by atoms with Crippen molar-refractivity contribution in [1.82, 2.24) is 30.2 Å². The summed E-state index contributed by atoms with van der Waals surface area (Å²) in [5.74, 6) is 2.28. The highest BCUT2D eigenvalue weighted by atomic mass is 16.5. The molecule has 3 heterocycles. The van der Waals surface area contributed by atoms with E-state index in [-0.39, 0.29) is 17.6 Å². The van der Waals surface area contributed by atoms with E-state index in [4.69, 9.17) is 4.52 Å². The Labute approximate surface area is 144 Å². The molecule has 1 atom stereocenters. The minimum Gasteiger partial charge on any atom is -0.334 e. The number of H-pyrrole nitrogens is 2. The van der Waals surface area contributed by atoms with E-state index in [0.29, 0.717) is 11.7 Å². The Kier molecular flexibility index (Phi) is 4.19. The minimum absolute atomic E-state index is 0.0837. The molecule has 0 aliphatic carbocycles. The standard InChI is InChI=1S/C17H20N6O2/c1-11(14-18-16(25-22-14)13-5-3-2-4-6-13)23-9-7-12(8-10-23)15-19-17(24)21-20-15/h2-6,11-12H,7-10H2,1H3,(H2,19,20,21,24). The third-order valence-corrected chi connectivity index (χ3v) is 4.82. The van der Waals surface area contributed by atoms with Crippen LogP contribution in [-0.4, -0.2) is 43.3 Å². The maximum absolute atomic E-state index is 11.2. The average Bonchev–Trinajstić information content (AvgIpc) is 3.31. The van der Waals surface area contributed by atoms with Gasteiger partial charge in [0.15, 0.2) is 5.82 Å². The highest BCUT2D eigenvalue weighted by Gasteiger charge is 2.28. The van der Waals surface area contributed by atoms with Gasteiger partial charge < -0.3 is 4.52 Å². The Hall–Kier alpha value is -2.74. The van der Waals surface area contributed by atoms with E-state index in [1.807, 2.05) is 30.3 Å². The van der Waals surface area contributed by atoms with Crippen molar-refractivity contribution in [3.8, 4) is 11.5 Å². The van der Waals surface area contributed by atoms with E-state index in [0.717, 1.165) is 37.3 Å². The predicted octanol–water partition coefficient (Wildman–Crippen LogP) is 2.09. The van der Waals surface area contributed by atoms with Crippen LogP contribution in [0.15, 0.2) is 39.6 Å². The number of rotatable bonds is 4. The van der Waals surface area contributed by atoms with Gasteiger partial charge in [-0.25, -0.2) is 9.89 Å². The third kappa shape index (κ3) is 3.25. The van der Waals surface area contributed by atoms with Crippen molar-refractivity contribution in [2.45, 2.75) is 31.7 Å². The minimum atomic E-state index is -0.244. The largest absolute Gasteiger partial charge is 0.340 e. The van der Waals surface area contributed by atoms with Gasteiger partial charge in [-0.15, -0.1) is 0 Å². The van der Waals surface area contributed by atoms with Gasteiger partial charge in [0.2, 0.25) is 0 Å². The first-order valence-electron chi connectivity index (χ1n) is 8.48. The zero-order chi connectivity index (χ0) is 17.2. The quantitative estimate of drug-likeness (QED) is 0.754. The molecule has 3 aromatic rings. The van der Waals surface area contributed by atoms with E-state index in [9.17, 15) is 4.79 Å². The monoisotopic (exact) mass is 340 g/mol. The van der Waals surface area contributed by atoms with Crippen molar-refractivity contribution in [2.24, 2.45) is 0 Å². The summed E-state index contributed by atoms with van der Waals surface area (Å²) < 4.78 is 5.41. The van der Waals surface area contributed by atoms with Crippen molar-refractivity contribution in [3.05, 3.63) is 52.5 Å². The summed E-state index contributed by atoms with van der Waals surface area (Å²) in [6, 6.07) is 9.86. The molecule has 1 fully saturated rings. The normalized spacial score (nSPS) is 17.6. The summed E-state index contributed by atoms with van der Waals surface area (Å²) in [5, 5.41) is 10.6. The van der Waals surface area contributed by atoms with E-state index in [1.165, 1.54) is 0 Å². The molecule has 130 valence electrons. The van der Waals surface area contributed by atoms with Crippen molar-refractivity contribution in [2.75, 3.05) is 13.1 Å². The van der Waals surface area contributed by atoms with Crippen LogP contribution in [0.3, 0.4) is 0 Å². The first kappa shape index (κ1) is 15.8. The fraction of sp³-hybridized carbons (Fsp3) is 0.412. The summed E-state index contributed by atoms with van der Waals surface area (Å²) in [7, 11) is 0. The molecule has 0 spiro atoms. The first-order valence-corrected chi connectivity index (χ1v) is 8.48. The molecule has 0 radical (unpaired) electrons. The van der Waals surface area contributed by atoms with Gasteiger partial charge in [-0.1, -0.05) is 23.4 Å². The zero-order valence-corrected chi connectivity index (χ0v) is 14.0. The number of nitrogens with one attached hydrogen (secondary N) is 2. The van der Waals surface area contributed by atoms with E-state index in [1.54, 1.807) is 0 Å². The Bertz CT molecular complexity index is 876. The van der Waals surface area contributed by atoms with Crippen LogP contribution in [0.4, 0.5) is 0 Å². The van der Waals surface area contributed by atoms with Crippen LogP contribution in [0.5, 0.6) is 0 Å². The number of benzene rings is 1. The van der Waals surface area contributed by atoms with Crippen LogP contribution in [0.1, 0.15) is 43.4 Å². The van der Waals surface area contributed by atoms with Crippen molar-refractivity contribution < 1.29 is 4.52 Å². The lowest BCUT2D eigenvalue weighted by Gasteiger charge is -2.33. The van der Waals surface area contributed by atoms with Crippen LogP contribution in [-0.2, 0) is 0 Å². The van der Waals surface area contributed by atoms with Crippen LogP contribution in [0.2, 0.25) is 0 Å². The SMILES string of the molecule is CC(c1noc(-c2ccccc2)n1)N1CCC(c2n[nH]c(=O)[nH]2)CC1. The van der Waals surface area contributed by atoms with Gasteiger partial charge in [0.25, 0.3) is 5.89 Å². The summed E-state index contributed by atoms with van der Waals surface area (Å²) in [6.45, 7) is 3.89. The molecule has 2 aromatic heterocycles. The van der Waals surface area contributed by atoms with Gasteiger partial charge in [0.05, 0.1) is 6.04 Å². The lowest BCUT2D eigenvalue weighted by molar-refractivity contribution is 0.152. The van der Waals surface area contributed by atoms with Gasteiger partial charge in [-0.05, 0) is 45.0 Å². The van der Waals surface area contributed by atoms with Crippen LogP contribution in [0.25, 0.3) is 11.5 Å². The fourth-order valence-corrected chi connectivity index (χ4v) is 3.30.